The van der Waals surface area contributed by atoms with Gasteiger partial charge in [-0.15, -0.1) is 0 Å². The van der Waals surface area contributed by atoms with E-state index in [1.54, 1.807) is 0 Å². The Morgan fingerprint density at radius 2 is 1.88 bits per heavy atom. The van der Waals surface area contributed by atoms with Crippen LogP contribution < -0.4 is 4.57 Å². The molecule has 6 nitrogen and oxygen atoms in total. The highest BCUT2D eigenvalue weighted by molar-refractivity contribution is 6.11. The third-order valence-electron chi connectivity index (χ3n) is 8.05. The number of fused-ring (bicyclic) bond motifs is 3. The van der Waals surface area contributed by atoms with Crippen molar-refractivity contribution in [2.45, 2.75) is 73.1 Å². The van der Waals surface area contributed by atoms with Crippen LogP contribution >= 0.6 is 0 Å². The molecule has 0 fully saturated rings. The maximum Gasteiger partial charge on any atom is 0.315 e. The second-order valence-corrected chi connectivity index (χ2v) is 9.37. The highest BCUT2D eigenvalue weighted by Gasteiger charge is 2.36. The minimum absolute atomic E-state index is 0.0571. The van der Waals surface area contributed by atoms with Gasteiger partial charge in [0, 0.05) is 36.1 Å². The number of aromatic nitrogens is 3. The van der Waals surface area contributed by atoms with Crippen molar-refractivity contribution in [3.05, 3.63) is 53.7 Å². The van der Waals surface area contributed by atoms with Gasteiger partial charge in [-0.3, -0.25) is 9.59 Å². The minimum Gasteiger partial charge on any atom is -0.424 e. The molecule has 3 aromatic rings. The summed E-state index contributed by atoms with van der Waals surface area (Å²) in [5.41, 5.74) is 2.76. The number of nitrogens with zero attached hydrogens (tertiary/aromatic N) is 3. The molecule has 1 atom stereocenters. The van der Waals surface area contributed by atoms with E-state index in [1.165, 1.54) is 0 Å². The van der Waals surface area contributed by atoms with Crippen molar-refractivity contribution in [2.24, 2.45) is 18.4 Å². The molecule has 33 heavy (non-hydrogen) atoms. The van der Waals surface area contributed by atoms with Crippen LogP contribution in [-0.2, 0) is 36.3 Å². The fourth-order valence-electron chi connectivity index (χ4n) is 5.41. The van der Waals surface area contributed by atoms with Crippen LogP contribution in [-0.4, -0.2) is 20.9 Å². The Kier molecular flexibility index (Phi) is 6.46. The van der Waals surface area contributed by atoms with Gasteiger partial charge in [0.2, 0.25) is 6.73 Å². The van der Waals surface area contributed by atoms with Crippen LogP contribution in [0.5, 0.6) is 0 Å². The summed E-state index contributed by atoms with van der Waals surface area (Å²) in [5, 5.41) is 1.06. The number of imidazole rings is 1. The highest BCUT2D eigenvalue weighted by Crippen LogP contribution is 2.34. The maximum atomic E-state index is 13.5. The van der Waals surface area contributed by atoms with Gasteiger partial charge < -0.3 is 9.30 Å². The largest absolute Gasteiger partial charge is 0.424 e. The number of esters is 1. The van der Waals surface area contributed by atoms with E-state index in [4.69, 9.17) is 4.74 Å². The third-order valence-corrected chi connectivity index (χ3v) is 8.05. The molecule has 2 heterocycles. The van der Waals surface area contributed by atoms with Crippen LogP contribution in [0.4, 0.5) is 0 Å². The molecule has 0 radical (unpaired) electrons. The predicted octanol–water partition coefficient (Wildman–Crippen LogP) is 4.74. The van der Waals surface area contributed by atoms with Gasteiger partial charge in [-0.05, 0) is 38.2 Å². The Morgan fingerprint density at radius 3 is 2.58 bits per heavy atom. The van der Waals surface area contributed by atoms with Gasteiger partial charge in [0.05, 0.1) is 11.3 Å². The zero-order valence-corrected chi connectivity index (χ0v) is 20.6. The van der Waals surface area contributed by atoms with Crippen molar-refractivity contribution in [1.82, 2.24) is 9.13 Å². The number of rotatable bonds is 8. The van der Waals surface area contributed by atoms with Crippen molar-refractivity contribution in [3.63, 3.8) is 0 Å². The van der Waals surface area contributed by atoms with Gasteiger partial charge in [-0.2, -0.15) is 4.57 Å². The molecular formula is C27H36N3O3+. The van der Waals surface area contributed by atoms with Crippen LogP contribution in [0.25, 0.3) is 10.9 Å². The number of benzene rings is 1. The number of ether oxygens (including phenoxy) is 1. The van der Waals surface area contributed by atoms with Crippen LogP contribution in [0.1, 0.15) is 68.3 Å². The Balaban J connectivity index is 1.49. The third kappa shape index (κ3) is 3.90. The molecule has 1 aliphatic rings. The van der Waals surface area contributed by atoms with E-state index >= 15 is 0 Å². The van der Waals surface area contributed by atoms with Crippen molar-refractivity contribution >= 4 is 22.7 Å². The van der Waals surface area contributed by atoms with E-state index in [1.807, 2.05) is 56.8 Å². The molecule has 1 unspecified atom stereocenters. The van der Waals surface area contributed by atoms with Crippen molar-refractivity contribution in [2.75, 3.05) is 0 Å². The number of carbonyl (C=O) groups excluding carboxylic acids is 2. The SMILES string of the molecule is CCC(CC)(CC)C(=O)OC[n+]1ccn(CC2CCc3c(c4ccccc4n3C)C2=O)c1C. The first-order valence-corrected chi connectivity index (χ1v) is 12.2. The van der Waals surface area contributed by atoms with Gasteiger partial charge >= 0.3 is 5.97 Å². The van der Waals surface area contributed by atoms with Gasteiger partial charge in [-0.25, -0.2) is 4.57 Å². The monoisotopic (exact) mass is 450 g/mol. The molecule has 0 aliphatic heterocycles. The van der Waals surface area contributed by atoms with Crippen LogP contribution in [0.2, 0.25) is 0 Å². The molecule has 0 N–H and O–H groups in total. The molecule has 0 amide bonds. The molecule has 176 valence electrons. The zero-order valence-electron chi connectivity index (χ0n) is 20.6. The molecule has 0 saturated heterocycles. The first kappa shape index (κ1) is 23.3. The Hall–Kier alpha value is -2.89. The van der Waals surface area contributed by atoms with E-state index in [9.17, 15) is 9.59 Å². The fourth-order valence-corrected chi connectivity index (χ4v) is 5.41. The van der Waals surface area contributed by atoms with Gasteiger partial charge in [0.1, 0.15) is 18.9 Å². The lowest BCUT2D eigenvalue weighted by Gasteiger charge is -2.27. The lowest BCUT2D eigenvalue weighted by Crippen LogP contribution is -2.41. The van der Waals surface area contributed by atoms with Crippen molar-refractivity contribution in [1.29, 1.82) is 0 Å². The summed E-state index contributed by atoms with van der Waals surface area (Å²) in [6, 6.07) is 8.17. The zero-order chi connectivity index (χ0) is 23.8. The molecule has 0 bridgehead atoms. The lowest BCUT2D eigenvalue weighted by molar-refractivity contribution is -0.732. The van der Waals surface area contributed by atoms with Crippen LogP contribution in [0, 0.1) is 18.3 Å². The first-order valence-electron chi connectivity index (χ1n) is 12.2. The van der Waals surface area contributed by atoms with Crippen LogP contribution in [0.15, 0.2) is 36.7 Å². The van der Waals surface area contributed by atoms with E-state index in [2.05, 4.69) is 28.3 Å². The number of hydrogen-bond donors (Lipinski definition) is 0. The smallest absolute Gasteiger partial charge is 0.315 e. The topological polar surface area (TPSA) is 57.1 Å². The summed E-state index contributed by atoms with van der Waals surface area (Å²) < 4.78 is 11.9. The fraction of sp³-hybridized carbons (Fsp3) is 0.519. The number of carbonyl (C=O) groups is 2. The Morgan fingerprint density at radius 1 is 1.18 bits per heavy atom. The number of Topliss-reactive ketones (excluding diaryl/α,β-unsaturated/α-hetero) is 1. The Bertz CT molecular complexity index is 1170. The standard InChI is InChI=1S/C27H36N3O3/c1-6-27(7-2,8-3)26(32)33-18-30-16-15-29(19(30)4)17-20-13-14-23-24(25(20)31)21-11-9-10-12-22(21)28(23)5/h9-12,15-16,20H,6-8,13-14,17-18H2,1-5H3/q+1. The van der Waals surface area contributed by atoms with Gasteiger partial charge in [0.15, 0.2) is 5.78 Å². The molecule has 4 rings (SSSR count). The summed E-state index contributed by atoms with van der Waals surface area (Å²) in [6.07, 6.45) is 8.01. The Labute approximate surface area is 196 Å². The molecule has 1 aliphatic carbocycles. The van der Waals surface area contributed by atoms with Crippen molar-refractivity contribution < 1.29 is 18.9 Å². The predicted molar refractivity (Wildman–Crippen MR) is 128 cm³/mol. The average Bonchev–Trinajstić information content (AvgIpc) is 3.33. The second-order valence-electron chi connectivity index (χ2n) is 9.37. The highest BCUT2D eigenvalue weighted by atomic mass is 16.5. The number of aryl methyl sites for hydroxylation is 1. The van der Waals surface area contributed by atoms with Gasteiger partial charge in [-0.1, -0.05) is 39.0 Å². The molecule has 1 aromatic carbocycles. The summed E-state index contributed by atoms with van der Waals surface area (Å²) in [7, 11) is 2.05. The first-order chi connectivity index (χ1) is 15.9. The van der Waals surface area contributed by atoms with E-state index in [0.717, 1.165) is 60.1 Å². The number of para-hydroxylation sites is 1. The quantitative estimate of drug-likeness (QED) is 0.368. The molecule has 0 spiro atoms. The molecular weight excluding hydrogens is 414 g/mol. The van der Waals surface area contributed by atoms with E-state index < -0.39 is 5.41 Å². The minimum atomic E-state index is -0.401. The van der Waals surface area contributed by atoms with E-state index in [0.29, 0.717) is 6.54 Å². The van der Waals surface area contributed by atoms with Crippen LogP contribution in [0.3, 0.4) is 0 Å². The van der Waals surface area contributed by atoms with Crippen molar-refractivity contribution in [3.8, 4) is 0 Å². The average molecular weight is 451 g/mol. The number of hydrogen-bond acceptors (Lipinski definition) is 3. The lowest BCUT2D eigenvalue weighted by atomic mass is 9.80. The second kappa shape index (κ2) is 9.16. The summed E-state index contributed by atoms with van der Waals surface area (Å²) in [5.74, 6) is 1.03. The number of ketones is 1. The summed E-state index contributed by atoms with van der Waals surface area (Å²) >= 11 is 0. The maximum absolute atomic E-state index is 13.5. The molecule has 0 saturated carbocycles. The summed E-state index contributed by atoms with van der Waals surface area (Å²) in [6.45, 7) is 8.99. The van der Waals surface area contributed by atoms with Gasteiger partial charge in [0.25, 0.3) is 5.82 Å². The van der Waals surface area contributed by atoms with E-state index in [-0.39, 0.29) is 24.4 Å². The molecule has 6 heteroatoms. The normalized spacial score (nSPS) is 16.3. The summed E-state index contributed by atoms with van der Waals surface area (Å²) in [4.78, 5) is 26.2. The molecule has 2 aromatic heterocycles.